The van der Waals surface area contributed by atoms with Crippen LogP contribution in [0.4, 0.5) is 0 Å². The molecule has 162 valence electrons. The Morgan fingerprint density at radius 3 is 2.61 bits per heavy atom. The highest BCUT2D eigenvalue weighted by Crippen LogP contribution is 2.24. The van der Waals surface area contributed by atoms with Crippen LogP contribution in [0.5, 0.6) is 5.75 Å². The van der Waals surface area contributed by atoms with Gasteiger partial charge in [0.1, 0.15) is 12.4 Å². The Morgan fingerprint density at radius 1 is 1.10 bits per heavy atom. The number of nitrogens with zero attached hydrogens (tertiary/aromatic N) is 5. The standard InChI is InChI=1S/C24H29N5O2/c1-18(2)29-23(25-26-27-29)17-31-22-10-6-9-21(16-22)24(30)28-13-11-20(12-14-28)15-19-7-4-3-5-8-19/h3-10,16,18,20H,11-15,17H2,1-2H3. The zero-order chi connectivity index (χ0) is 21.6. The molecule has 2 aromatic carbocycles. The van der Waals surface area contributed by atoms with Crippen LogP contribution in [0.3, 0.4) is 0 Å². The monoisotopic (exact) mass is 419 g/mol. The summed E-state index contributed by atoms with van der Waals surface area (Å²) in [4.78, 5) is 15.0. The summed E-state index contributed by atoms with van der Waals surface area (Å²) >= 11 is 0. The van der Waals surface area contributed by atoms with Crippen LogP contribution in [0.25, 0.3) is 0 Å². The number of amides is 1. The van der Waals surface area contributed by atoms with E-state index in [2.05, 4.69) is 45.9 Å². The lowest BCUT2D eigenvalue weighted by atomic mass is 9.90. The third kappa shape index (κ3) is 5.29. The zero-order valence-corrected chi connectivity index (χ0v) is 18.1. The van der Waals surface area contributed by atoms with Gasteiger partial charge in [0, 0.05) is 18.7 Å². The first-order chi connectivity index (χ1) is 15.1. The maximum Gasteiger partial charge on any atom is 0.253 e. The van der Waals surface area contributed by atoms with E-state index in [1.807, 2.05) is 43.0 Å². The molecule has 0 aliphatic carbocycles. The summed E-state index contributed by atoms with van der Waals surface area (Å²) in [6, 6.07) is 18.1. The van der Waals surface area contributed by atoms with Crippen molar-refractivity contribution in [3.63, 3.8) is 0 Å². The number of carbonyl (C=O) groups is 1. The van der Waals surface area contributed by atoms with Crippen LogP contribution in [0, 0.1) is 5.92 Å². The van der Waals surface area contributed by atoms with Crippen molar-refractivity contribution in [2.45, 2.75) is 45.8 Å². The van der Waals surface area contributed by atoms with Crippen molar-refractivity contribution in [2.24, 2.45) is 5.92 Å². The first kappa shape index (κ1) is 21.0. The van der Waals surface area contributed by atoms with E-state index in [1.165, 1.54) is 5.56 Å². The Bertz CT molecular complexity index is 994. The molecule has 1 saturated heterocycles. The lowest BCUT2D eigenvalue weighted by Crippen LogP contribution is -2.38. The fourth-order valence-electron chi connectivity index (χ4n) is 4.05. The van der Waals surface area contributed by atoms with Gasteiger partial charge in [-0.25, -0.2) is 4.68 Å². The van der Waals surface area contributed by atoms with Gasteiger partial charge in [-0.05, 0) is 73.2 Å². The molecule has 1 fully saturated rings. The van der Waals surface area contributed by atoms with Crippen LogP contribution in [0.15, 0.2) is 54.6 Å². The van der Waals surface area contributed by atoms with Crippen molar-refractivity contribution in [1.29, 1.82) is 0 Å². The Hall–Kier alpha value is -3.22. The second-order valence-electron chi connectivity index (χ2n) is 8.38. The van der Waals surface area contributed by atoms with Gasteiger partial charge in [0.05, 0.1) is 6.04 Å². The molecule has 0 unspecified atom stereocenters. The van der Waals surface area contributed by atoms with Crippen molar-refractivity contribution in [1.82, 2.24) is 25.1 Å². The summed E-state index contributed by atoms with van der Waals surface area (Å²) in [6.45, 7) is 5.88. The van der Waals surface area contributed by atoms with Crippen LogP contribution in [0.1, 0.15) is 54.5 Å². The Kier molecular flexibility index (Phi) is 6.60. The largest absolute Gasteiger partial charge is 0.486 e. The molecule has 4 rings (SSSR count). The number of likely N-dealkylation sites (tertiary alicyclic amines) is 1. The number of aromatic nitrogens is 4. The molecule has 0 radical (unpaired) electrons. The minimum absolute atomic E-state index is 0.0654. The molecule has 7 heteroatoms. The predicted octanol–water partition coefficient (Wildman–Crippen LogP) is 3.93. The van der Waals surface area contributed by atoms with E-state index in [0.29, 0.717) is 23.1 Å². The number of carbonyl (C=O) groups excluding carboxylic acids is 1. The van der Waals surface area contributed by atoms with Crippen molar-refractivity contribution >= 4 is 5.91 Å². The number of hydrogen-bond acceptors (Lipinski definition) is 5. The molecule has 7 nitrogen and oxygen atoms in total. The highest BCUT2D eigenvalue weighted by molar-refractivity contribution is 5.94. The first-order valence-corrected chi connectivity index (χ1v) is 10.9. The molecule has 31 heavy (non-hydrogen) atoms. The molecule has 0 spiro atoms. The molecule has 0 N–H and O–H groups in total. The molecule has 0 saturated carbocycles. The van der Waals surface area contributed by atoms with E-state index in [-0.39, 0.29) is 18.6 Å². The van der Waals surface area contributed by atoms with Crippen LogP contribution >= 0.6 is 0 Å². The van der Waals surface area contributed by atoms with Crippen LogP contribution < -0.4 is 4.74 Å². The number of tetrazole rings is 1. The fraction of sp³-hybridized carbons (Fsp3) is 0.417. The molecule has 1 aliphatic heterocycles. The van der Waals surface area contributed by atoms with E-state index in [9.17, 15) is 4.79 Å². The number of ether oxygens (including phenoxy) is 1. The number of piperidine rings is 1. The van der Waals surface area contributed by atoms with E-state index < -0.39 is 0 Å². The molecule has 1 aromatic heterocycles. The van der Waals surface area contributed by atoms with Gasteiger partial charge in [0.15, 0.2) is 5.82 Å². The molecule has 0 atom stereocenters. The lowest BCUT2D eigenvalue weighted by molar-refractivity contribution is 0.0690. The van der Waals surface area contributed by atoms with E-state index >= 15 is 0 Å². The van der Waals surface area contributed by atoms with Crippen molar-refractivity contribution in [3.05, 3.63) is 71.5 Å². The lowest BCUT2D eigenvalue weighted by Gasteiger charge is -2.32. The van der Waals surface area contributed by atoms with Crippen LogP contribution in [-0.2, 0) is 13.0 Å². The van der Waals surface area contributed by atoms with Gasteiger partial charge in [-0.15, -0.1) is 5.10 Å². The maximum absolute atomic E-state index is 13.0. The first-order valence-electron chi connectivity index (χ1n) is 10.9. The van der Waals surface area contributed by atoms with Gasteiger partial charge in [-0.1, -0.05) is 36.4 Å². The molecular weight excluding hydrogens is 390 g/mol. The topological polar surface area (TPSA) is 73.1 Å². The van der Waals surface area contributed by atoms with Gasteiger partial charge in [0.2, 0.25) is 0 Å². The number of benzene rings is 2. The van der Waals surface area contributed by atoms with E-state index in [0.717, 1.165) is 32.4 Å². The van der Waals surface area contributed by atoms with Gasteiger partial charge < -0.3 is 9.64 Å². The van der Waals surface area contributed by atoms with Crippen LogP contribution in [-0.4, -0.2) is 44.1 Å². The summed E-state index contributed by atoms with van der Waals surface area (Å²) < 4.78 is 7.60. The molecule has 3 aromatic rings. The number of hydrogen-bond donors (Lipinski definition) is 0. The van der Waals surface area contributed by atoms with Crippen molar-refractivity contribution in [3.8, 4) is 5.75 Å². The van der Waals surface area contributed by atoms with Crippen molar-refractivity contribution in [2.75, 3.05) is 13.1 Å². The van der Waals surface area contributed by atoms with Crippen LogP contribution in [0.2, 0.25) is 0 Å². The summed E-state index contributed by atoms with van der Waals surface area (Å²) in [5.74, 6) is 2.00. The fourth-order valence-corrected chi connectivity index (χ4v) is 4.05. The van der Waals surface area contributed by atoms with E-state index in [1.54, 1.807) is 4.68 Å². The normalized spacial score (nSPS) is 14.7. The molecule has 1 amide bonds. The Balaban J connectivity index is 1.32. The summed E-state index contributed by atoms with van der Waals surface area (Å²) in [6.07, 6.45) is 3.16. The van der Waals surface area contributed by atoms with Gasteiger partial charge in [0.25, 0.3) is 5.91 Å². The highest BCUT2D eigenvalue weighted by Gasteiger charge is 2.24. The third-order valence-corrected chi connectivity index (χ3v) is 5.77. The van der Waals surface area contributed by atoms with E-state index in [4.69, 9.17) is 4.74 Å². The zero-order valence-electron chi connectivity index (χ0n) is 18.1. The molecular formula is C24H29N5O2. The quantitative estimate of drug-likeness (QED) is 0.580. The molecule has 1 aliphatic rings. The Morgan fingerprint density at radius 2 is 1.87 bits per heavy atom. The van der Waals surface area contributed by atoms with Gasteiger partial charge in [-0.2, -0.15) is 0 Å². The maximum atomic E-state index is 13.0. The van der Waals surface area contributed by atoms with Crippen molar-refractivity contribution < 1.29 is 9.53 Å². The minimum atomic E-state index is 0.0654. The highest BCUT2D eigenvalue weighted by atomic mass is 16.5. The predicted molar refractivity (Wildman–Crippen MR) is 118 cm³/mol. The average molecular weight is 420 g/mol. The third-order valence-electron chi connectivity index (χ3n) is 5.77. The second kappa shape index (κ2) is 9.73. The summed E-state index contributed by atoms with van der Waals surface area (Å²) in [7, 11) is 0. The second-order valence-corrected chi connectivity index (χ2v) is 8.38. The molecule has 0 bridgehead atoms. The van der Waals surface area contributed by atoms with Gasteiger partial charge in [-0.3, -0.25) is 4.79 Å². The van der Waals surface area contributed by atoms with Gasteiger partial charge >= 0.3 is 0 Å². The average Bonchev–Trinajstić information content (AvgIpc) is 3.28. The minimum Gasteiger partial charge on any atom is -0.486 e. The number of rotatable bonds is 7. The summed E-state index contributed by atoms with van der Waals surface area (Å²) in [5, 5.41) is 11.7. The summed E-state index contributed by atoms with van der Waals surface area (Å²) in [5.41, 5.74) is 2.03. The molecule has 2 heterocycles. The smallest absolute Gasteiger partial charge is 0.253 e. The Labute approximate surface area is 183 Å². The SMILES string of the molecule is CC(C)n1nnnc1COc1cccc(C(=O)N2CCC(Cc3ccccc3)CC2)c1.